The molecular formula is C9H7Cl2NO2S. The van der Waals surface area contributed by atoms with Crippen LogP contribution in [0.3, 0.4) is 0 Å². The Bertz CT molecular complexity index is 532. The number of rotatable bonds is 2. The van der Waals surface area contributed by atoms with Crippen molar-refractivity contribution in [3.8, 4) is 6.07 Å². The van der Waals surface area contributed by atoms with E-state index in [4.69, 9.17) is 27.5 Å². The van der Waals surface area contributed by atoms with Crippen molar-refractivity contribution in [3.05, 3.63) is 28.3 Å². The number of benzene rings is 1. The summed E-state index contributed by atoms with van der Waals surface area (Å²) < 4.78 is 22.5. The van der Waals surface area contributed by atoms with E-state index in [1.807, 2.05) is 6.07 Å². The minimum Gasteiger partial charge on any atom is -0.207 e. The highest BCUT2D eigenvalue weighted by Crippen LogP contribution is 2.30. The summed E-state index contributed by atoms with van der Waals surface area (Å²) >= 11 is 5.76. The smallest absolute Gasteiger partial charge is 0.207 e. The second-order valence-electron chi connectivity index (χ2n) is 2.85. The standard InChI is InChI=1S/C9H7Cl2NO2S/c1-2-7-3-6(5-12)4-8(10)9(7)15(11,13)14/h3-4H,2H2,1H3. The number of hydrogen-bond acceptors (Lipinski definition) is 3. The van der Waals surface area contributed by atoms with E-state index in [1.165, 1.54) is 12.1 Å². The largest absolute Gasteiger partial charge is 0.263 e. The van der Waals surface area contributed by atoms with Crippen molar-refractivity contribution in [2.24, 2.45) is 0 Å². The first-order chi connectivity index (χ1) is 6.90. The van der Waals surface area contributed by atoms with Crippen LogP contribution < -0.4 is 0 Å². The van der Waals surface area contributed by atoms with Crippen LogP contribution >= 0.6 is 22.3 Å². The Morgan fingerprint density at radius 3 is 2.47 bits per heavy atom. The summed E-state index contributed by atoms with van der Waals surface area (Å²) in [6.45, 7) is 1.76. The SMILES string of the molecule is CCc1cc(C#N)cc(Cl)c1S(=O)(=O)Cl. The molecule has 0 aromatic heterocycles. The van der Waals surface area contributed by atoms with Crippen molar-refractivity contribution in [2.45, 2.75) is 18.2 Å². The van der Waals surface area contributed by atoms with Crippen molar-refractivity contribution in [1.29, 1.82) is 5.26 Å². The number of aryl methyl sites for hydroxylation is 1. The zero-order valence-electron chi connectivity index (χ0n) is 7.79. The molecule has 0 saturated carbocycles. The first-order valence-electron chi connectivity index (χ1n) is 4.07. The van der Waals surface area contributed by atoms with Gasteiger partial charge >= 0.3 is 0 Å². The molecule has 1 rings (SSSR count). The maximum absolute atomic E-state index is 11.2. The number of nitriles is 1. The topological polar surface area (TPSA) is 57.9 Å². The Morgan fingerprint density at radius 2 is 2.07 bits per heavy atom. The Hall–Kier alpha value is -0.760. The van der Waals surface area contributed by atoms with Crippen LogP contribution in [0.4, 0.5) is 0 Å². The van der Waals surface area contributed by atoms with Gasteiger partial charge in [0, 0.05) is 10.7 Å². The first kappa shape index (κ1) is 12.3. The lowest BCUT2D eigenvalue weighted by atomic mass is 10.1. The van der Waals surface area contributed by atoms with Gasteiger partial charge in [0.2, 0.25) is 0 Å². The second kappa shape index (κ2) is 4.40. The van der Waals surface area contributed by atoms with Crippen LogP contribution in [-0.4, -0.2) is 8.42 Å². The van der Waals surface area contributed by atoms with Crippen LogP contribution in [-0.2, 0) is 15.5 Å². The average molecular weight is 264 g/mol. The van der Waals surface area contributed by atoms with E-state index in [0.29, 0.717) is 17.5 Å². The predicted molar refractivity (Wildman–Crippen MR) is 58.6 cm³/mol. The summed E-state index contributed by atoms with van der Waals surface area (Å²) in [6.07, 6.45) is 0.441. The summed E-state index contributed by atoms with van der Waals surface area (Å²) in [5, 5.41) is 8.67. The van der Waals surface area contributed by atoms with Gasteiger partial charge in [0.05, 0.1) is 16.7 Å². The van der Waals surface area contributed by atoms with E-state index in [1.54, 1.807) is 6.92 Å². The molecule has 0 amide bonds. The molecule has 80 valence electrons. The molecule has 0 atom stereocenters. The van der Waals surface area contributed by atoms with Crippen molar-refractivity contribution in [2.75, 3.05) is 0 Å². The van der Waals surface area contributed by atoms with E-state index < -0.39 is 9.05 Å². The fourth-order valence-electron chi connectivity index (χ4n) is 1.25. The number of nitrogens with zero attached hydrogens (tertiary/aromatic N) is 1. The minimum absolute atomic E-state index is 0.0131. The van der Waals surface area contributed by atoms with E-state index in [-0.39, 0.29) is 9.92 Å². The quantitative estimate of drug-likeness (QED) is 0.771. The normalized spacial score (nSPS) is 11.1. The van der Waals surface area contributed by atoms with E-state index >= 15 is 0 Å². The van der Waals surface area contributed by atoms with Gasteiger partial charge in [0.25, 0.3) is 9.05 Å². The summed E-state index contributed by atoms with van der Waals surface area (Å²) in [4.78, 5) is -0.104. The third-order valence-electron chi connectivity index (χ3n) is 1.87. The molecule has 0 bridgehead atoms. The molecule has 0 spiro atoms. The molecule has 6 heteroatoms. The van der Waals surface area contributed by atoms with Gasteiger partial charge in [0.1, 0.15) is 4.90 Å². The molecule has 1 aromatic rings. The van der Waals surface area contributed by atoms with Crippen molar-refractivity contribution in [3.63, 3.8) is 0 Å². The van der Waals surface area contributed by atoms with Crippen molar-refractivity contribution < 1.29 is 8.42 Å². The highest BCUT2D eigenvalue weighted by Gasteiger charge is 2.19. The van der Waals surface area contributed by atoms with Gasteiger partial charge in [0.15, 0.2) is 0 Å². The molecule has 1 aromatic carbocycles. The molecule has 0 aliphatic heterocycles. The average Bonchev–Trinajstić information content (AvgIpc) is 2.14. The van der Waals surface area contributed by atoms with Gasteiger partial charge in [-0.2, -0.15) is 5.26 Å². The van der Waals surface area contributed by atoms with Gasteiger partial charge in [-0.1, -0.05) is 18.5 Å². The van der Waals surface area contributed by atoms with Crippen molar-refractivity contribution >= 4 is 31.3 Å². The number of hydrogen-bond donors (Lipinski definition) is 0. The minimum atomic E-state index is -3.87. The third kappa shape index (κ3) is 2.63. The molecular weight excluding hydrogens is 257 g/mol. The van der Waals surface area contributed by atoms with E-state index in [9.17, 15) is 8.42 Å². The lowest BCUT2D eigenvalue weighted by molar-refractivity contribution is 0.608. The van der Waals surface area contributed by atoms with Gasteiger partial charge in [-0.3, -0.25) is 0 Å². The van der Waals surface area contributed by atoms with Crippen LogP contribution in [0.25, 0.3) is 0 Å². The summed E-state index contributed by atoms with van der Waals surface area (Å²) in [7, 11) is 1.38. The third-order valence-corrected chi connectivity index (χ3v) is 3.72. The van der Waals surface area contributed by atoms with E-state index in [2.05, 4.69) is 0 Å². The second-order valence-corrected chi connectivity index (χ2v) is 5.76. The van der Waals surface area contributed by atoms with Crippen LogP contribution in [0.2, 0.25) is 5.02 Å². The molecule has 0 fully saturated rings. The summed E-state index contributed by atoms with van der Waals surface area (Å²) in [5.74, 6) is 0. The monoisotopic (exact) mass is 263 g/mol. The molecule has 0 aliphatic carbocycles. The van der Waals surface area contributed by atoms with Crippen LogP contribution in [0.5, 0.6) is 0 Å². The first-order valence-corrected chi connectivity index (χ1v) is 6.76. The Kier molecular flexibility index (Phi) is 3.61. The van der Waals surface area contributed by atoms with Gasteiger partial charge in [-0.25, -0.2) is 8.42 Å². The highest BCUT2D eigenvalue weighted by molar-refractivity contribution is 8.13. The predicted octanol–water partition coefficient (Wildman–Crippen LogP) is 2.70. The lowest BCUT2D eigenvalue weighted by Crippen LogP contribution is -1.99. The van der Waals surface area contributed by atoms with Crippen LogP contribution in [0.15, 0.2) is 17.0 Å². The lowest BCUT2D eigenvalue weighted by Gasteiger charge is -2.07. The highest BCUT2D eigenvalue weighted by atomic mass is 35.7. The molecule has 0 heterocycles. The Labute approximate surface area is 97.7 Å². The fraction of sp³-hybridized carbons (Fsp3) is 0.222. The van der Waals surface area contributed by atoms with Crippen molar-refractivity contribution in [1.82, 2.24) is 0 Å². The van der Waals surface area contributed by atoms with Gasteiger partial charge in [-0.05, 0) is 24.1 Å². The maximum Gasteiger partial charge on any atom is 0.263 e. The molecule has 0 saturated heterocycles. The van der Waals surface area contributed by atoms with Gasteiger partial charge in [-0.15, -0.1) is 0 Å². The fourth-order valence-corrected chi connectivity index (χ4v) is 3.27. The zero-order valence-corrected chi connectivity index (χ0v) is 10.1. The molecule has 0 unspecified atom stereocenters. The molecule has 0 aliphatic rings. The van der Waals surface area contributed by atoms with E-state index in [0.717, 1.165) is 0 Å². The molecule has 0 radical (unpaired) electrons. The van der Waals surface area contributed by atoms with Gasteiger partial charge < -0.3 is 0 Å². The Morgan fingerprint density at radius 1 is 1.47 bits per heavy atom. The maximum atomic E-state index is 11.2. The summed E-state index contributed by atoms with van der Waals surface area (Å²) in [5.41, 5.74) is 0.773. The molecule has 0 N–H and O–H groups in total. The summed E-state index contributed by atoms with van der Waals surface area (Å²) in [6, 6.07) is 4.66. The Balaban J connectivity index is 3.61. The zero-order chi connectivity index (χ0) is 11.6. The molecule has 15 heavy (non-hydrogen) atoms. The van der Waals surface area contributed by atoms with Crippen LogP contribution in [0, 0.1) is 11.3 Å². The van der Waals surface area contributed by atoms with Crippen LogP contribution in [0.1, 0.15) is 18.1 Å². The molecule has 3 nitrogen and oxygen atoms in total. The number of halogens is 2.